The van der Waals surface area contributed by atoms with E-state index in [1.54, 1.807) is 0 Å². The molecule has 1 aliphatic heterocycles. The van der Waals surface area contributed by atoms with Crippen LogP contribution in [0.2, 0.25) is 0 Å². The van der Waals surface area contributed by atoms with Gasteiger partial charge >= 0.3 is 0 Å². The molecule has 0 unspecified atom stereocenters. The van der Waals surface area contributed by atoms with Gasteiger partial charge in [0.2, 0.25) is 11.9 Å². The molecule has 0 spiro atoms. The van der Waals surface area contributed by atoms with Crippen LogP contribution in [0.3, 0.4) is 0 Å². The van der Waals surface area contributed by atoms with Crippen LogP contribution in [0, 0.1) is 5.41 Å². The molecule has 2 heterocycles. The Morgan fingerprint density at radius 1 is 1.23 bits per heavy atom. The summed E-state index contributed by atoms with van der Waals surface area (Å²) in [6.45, 7) is 12.6. The zero-order valence-corrected chi connectivity index (χ0v) is 16.7. The summed E-state index contributed by atoms with van der Waals surface area (Å²) >= 11 is 0. The number of hydrogen-bond donors (Lipinski definition) is 1. The quantitative estimate of drug-likeness (QED) is 0.896. The second-order valence-electron chi connectivity index (χ2n) is 8.93. The van der Waals surface area contributed by atoms with E-state index in [9.17, 15) is 4.79 Å². The minimum Gasteiger partial charge on any atom is -0.353 e. The normalized spacial score (nSPS) is 16.5. The maximum Gasteiger partial charge on any atom is 0.220 e. The number of aromatic nitrogens is 2. The zero-order valence-electron chi connectivity index (χ0n) is 16.7. The van der Waals surface area contributed by atoms with Crippen molar-refractivity contribution in [1.29, 1.82) is 0 Å². The summed E-state index contributed by atoms with van der Waals surface area (Å²) in [6.07, 6.45) is 2.52. The van der Waals surface area contributed by atoms with E-state index in [4.69, 9.17) is 4.98 Å². The first kappa shape index (κ1) is 18.7. The molecule has 1 amide bonds. The second kappa shape index (κ2) is 7.29. The Morgan fingerprint density at radius 3 is 2.50 bits per heavy atom. The highest BCUT2D eigenvalue weighted by Gasteiger charge is 2.26. The molecule has 5 heteroatoms. The molecular weight excluding hydrogens is 324 g/mol. The molecule has 1 aliphatic rings. The highest BCUT2D eigenvalue weighted by atomic mass is 16.1. The topological polar surface area (TPSA) is 50.2 Å². The van der Waals surface area contributed by atoms with Crippen molar-refractivity contribution in [1.82, 2.24) is 14.9 Å². The number of benzene rings is 1. The maximum atomic E-state index is 12.2. The lowest BCUT2D eigenvalue weighted by Crippen LogP contribution is -2.46. The van der Waals surface area contributed by atoms with Crippen LogP contribution in [0.25, 0.3) is 11.0 Å². The van der Waals surface area contributed by atoms with E-state index in [0.717, 1.165) is 37.4 Å². The first-order valence-electron chi connectivity index (χ1n) is 9.76. The van der Waals surface area contributed by atoms with Crippen molar-refractivity contribution in [3.63, 3.8) is 0 Å². The van der Waals surface area contributed by atoms with E-state index in [2.05, 4.69) is 67.6 Å². The Hall–Kier alpha value is -2.04. The third-order valence-electron chi connectivity index (χ3n) is 4.93. The average molecular weight is 357 g/mol. The van der Waals surface area contributed by atoms with Gasteiger partial charge in [-0.3, -0.25) is 4.79 Å². The van der Waals surface area contributed by atoms with Gasteiger partial charge in [-0.05, 0) is 44.2 Å². The van der Waals surface area contributed by atoms with E-state index in [1.807, 2.05) is 6.07 Å². The molecule has 1 aromatic carbocycles. The van der Waals surface area contributed by atoms with Gasteiger partial charge < -0.3 is 14.8 Å². The number of rotatable bonds is 4. The van der Waals surface area contributed by atoms with Crippen LogP contribution in [0.4, 0.5) is 5.95 Å². The van der Waals surface area contributed by atoms with Crippen molar-refractivity contribution in [3.05, 3.63) is 24.3 Å². The summed E-state index contributed by atoms with van der Waals surface area (Å²) < 4.78 is 2.33. The lowest BCUT2D eigenvalue weighted by Gasteiger charge is -2.34. The van der Waals surface area contributed by atoms with Crippen molar-refractivity contribution < 1.29 is 4.79 Å². The molecule has 1 fully saturated rings. The molecule has 0 aliphatic carbocycles. The summed E-state index contributed by atoms with van der Waals surface area (Å²) in [5, 5.41) is 3.22. The molecule has 5 nitrogen and oxygen atoms in total. The SMILES string of the molecule is CC(C)n1c(N2CCC(NC(=O)CC(C)(C)C)CC2)nc2ccccc21. The summed E-state index contributed by atoms with van der Waals surface area (Å²) in [4.78, 5) is 19.5. The van der Waals surface area contributed by atoms with Gasteiger partial charge in [0.05, 0.1) is 11.0 Å². The van der Waals surface area contributed by atoms with Crippen molar-refractivity contribution in [3.8, 4) is 0 Å². The number of amides is 1. The third kappa shape index (κ3) is 4.19. The molecule has 142 valence electrons. The summed E-state index contributed by atoms with van der Waals surface area (Å²) in [6, 6.07) is 8.98. The fourth-order valence-corrected chi connectivity index (χ4v) is 3.75. The lowest BCUT2D eigenvalue weighted by atomic mass is 9.91. The van der Waals surface area contributed by atoms with Crippen LogP contribution in [-0.2, 0) is 4.79 Å². The number of anilines is 1. The molecular formula is C21H32N4O. The van der Waals surface area contributed by atoms with E-state index < -0.39 is 0 Å². The Morgan fingerprint density at radius 2 is 1.88 bits per heavy atom. The van der Waals surface area contributed by atoms with Crippen molar-refractivity contribution in [2.24, 2.45) is 5.41 Å². The number of carbonyl (C=O) groups is 1. The molecule has 0 radical (unpaired) electrons. The van der Waals surface area contributed by atoms with Gasteiger partial charge in [0.25, 0.3) is 0 Å². The van der Waals surface area contributed by atoms with Gasteiger partial charge in [-0.15, -0.1) is 0 Å². The molecule has 0 atom stereocenters. The van der Waals surface area contributed by atoms with E-state index in [-0.39, 0.29) is 17.4 Å². The van der Waals surface area contributed by atoms with Crippen molar-refractivity contribution >= 4 is 22.9 Å². The minimum atomic E-state index is 0.0346. The van der Waals surface area contributed by atoms with Crippen LogP contribution < -0.4 is 10.2 Å². The average Bonchev–Trinajstić information content (AvgIpc) is 2.93. The largest absolute Gasteiger partial charge is 0.353 e. The van der Waals surface area contributed by atoms with Crippen molar-refractivity contribution in [2.45, 2.75) is 66.0 Å². The molecule has 1 aromatic heterocycles. The number of para-hydroxylation sites is 2. The highest BCUT2D eigenvalue weighted by Crippen LogP contribution is 2.28. The Kier molecular flexibility index (Phi) is 5.26. The molecule has 0 saturated carbocycles. The fourth-order valence-electron chi connectivity index (χ4n) is 3.75. The standard InChI is InChI=1S/C21H32N4O/c1-15(2)25-18-9-7-6-8-17(18)23-20(25)24-12-10-16(11-13-24)22-19(26)14-21(3,4)5/h6-9,15-16H,10-14H2,1-5H3,(H,22,26). The number of carbonyl (C=O) groups excluding carboxylic acids is 1. The van der Waals surface area contributed by atoms with Crippen molar-refractivity contribution in [2.75, 3.05) is 18.0 Å². The minimum absolute atomic E-state index is 0.0346. The van der Waals surface area contributed by atoms with Crippen LogP contribution in [-0.4, -0.2) is 34.6 Å². The molecule has 3 rings (SSSR count). The smallest absolute Gasteiger partial charge is 0.220 e. The lowest BCUT2D eigenvalue weighted by molar-refractivity contribution is -0.123. The number of imidazole rings is 1. The van der Waals surface area contributed by atoms with Gasteiger partial charge in [-0.1, -0.05) is 32.9 Å². The van der Waals surface area contributed by atoms with Gasteiger partial charge in [0.15, 0.2) is 0 Å². The molecule has 26 heavy (non-hydrogen) atoms. The molecule has 1 N–H and O–H groups in total. The monoisotopic (exact) mass is 356 g/mol. The highest BCUT2D eigenvalue weighted by molar-refractivity contribution is 5.79. The predicted molar refractivity (Wildman–Crippen MR) is 108 cm³/mol. The number of nitrogens with one attached hydrogen (secondary N) is 1. The summed E-state index contributed by atoms with van der Waals surface area (Å²) in [5.41, 5.74) is 2.28. The van der Waals surface area contributed by atoms with Gasteiger partial charge in [0, 0.05) is 31.6 Å². The zero-order chi connectivity index (χ0) is 18.9. The Labute approximate surface area is 156 Å². The van der Waals surface area contributed by atoms with Gasteiger partial charge in [0.1, 0.15) is 0 Å². The van der Waals surface area contributed by atoms with Crippen LogP contribution in [0.1, 0.15) is 59.9 Å². The van der Waals surface area contributed by atoms with Crippen LogP contribution >= 0.6 is 0 Å². The van der Waals surface area contributed by atoms with Crippen LogP contribution in [0.5, 0.6) is 0 Å². The summed E-state index contributed by atoms with van der Waals surface area (Å²) in [7, 11) is 0. The number of piperidine rings is 1. The van der Waals surface area contributed by atoms with Crippen LogP contribution in [0.15, 0.2) is 24.3 Å². The van der Waals surface area contributed by atoms with Gasteiger partial charge in [-0.25, -0.2) is 4.98 Å². The van der Waals surface area contributed by atoms with E-state index in [1.165, 1.54) is 5.52 Å². The number of nitrogens with zero attached hydrogens (tertiary/aromatic N) is 3. The Balaban J connectivity index is 1.68. The van der Waals surface area contributed by atoms with E-state index >= 15 is 0 Å². The molecule has 2 aromatic rings. The first-order valence-corrected chi connectivity index (χ1v) is 9.76. The maximum absolute atomic E-state index is 12.2. The Bertz CT molecular complexity index is 764. The first-order chi connectivity index (χ1) is 12.2. The van der Waals surface area contributed by atoms with Gasteiger partial charge in [-0.2, -0.15) is 0 Å². The fraction of sp³-hybridized carbons (Fsp3) is 0.619. The third-order valence-corrected chi connectivity index (χ3v) is 4.93. The molecule has 1 saturated heterocycles. The number of fused-ring (bicyclic) bond motifs is 1. The molecule has 0 bridgehead atoms. The second-order valence-corrected chi connectivity index (χ2v) is 8.93. The predicted octanol–water partition coefficient (Wildman–Crippen LogP) is 4.14. The summed E-state index contributed by atoms with van der Waals surface area (Å²) in [5.74, 6) is 1.23. The number of hydrogen-bond acceptors (Lipinski definition) is 3. The van der Waals surface area contributed by atoms with E-state index in [0.29, 0.717) is 12.5 Å².